The first-order valence-corrected chi connectivity index (χ1v) is 9.17. The van der Waals surface area contributed by atoms with E-state index in [1.165, 1.54) is 6.33 Å². The third-order valence-corrected chi connectivity index (χ3v) is 4.83. The van der Waals surface area contributed by atoms with E-state index in [0.29, 0.717) is 6.54 Å². The maximum Gasteiger partial charge on any atom is 0.216 e. The Balaban J connectivity index is 1.56. The quantitative estimate of drug-likeness (QED) is 0.712. The normalized spacial score (nSPS) is 11.5. The van der Waals surface area contributed by atoms with E-state index in [1.807, 2.05) is 42.5 Å². The van der Waals surface area contributed by atoms with E-state index in [2.05, 4.69) is 14.8 Å². The van der Waals surface area contributed by atoms with Crippen LogP contribution in [0, 0.1) is 0 Å². The highest BCUT2D eigenvalue weighted by Crippen LogP contribution is 2.08. The van der Waals surface area contributed by atoms with Crippen molar-refractivity contribution in [3.8, 4) is 0 Å². The molecule has 7 heteroatoms. The molecular formula is C17H18N4O2S. The molecule has 1 N–H and O–H groups in total. The van der Waals surface area contributed by atoms with Gasteiger partial charge >= 0.3 is 0 Å². The van der Waals surface area contributed by atoms with Gasteiger partial charge in [-0.05, 0) is 16.7 Å². The van der Waals surface area contributed by atoms with Gasteiger partial charge in [-0.3, -0.25) is 0 Å². The Morgan fingerprint density at radius 3 is 2.29 bits per heavy atom. The zero-order chi connectivity index (χ0) is 16.8. The first-order chi connectivity index (χ1) is 11.6. The topological polar surface area (TPSA) is 76.9 Å². The van der Waals surface area contributed by atoms with Crippen LogP contribution in [0.15, 0.2) is 67.3 Å². The van der Waals surface area contributed by atoms with Gasteiger partial charge in [-0.1, -0.05) is 54.6 Å². The number of hydrogen-bond donors (Lipinski definition) is 1. The van der Waals surface area contributed by atoms with Crippen molar-refractivity contribution in [3.05, 3.63) is 83.9 Å². The van der Waals surface area contributed by atoms with Crippen molar-refractivity contribution in [1.82, 2.24) is 19.5 Å². The second-order valence-corrected chi connectivity index (χ2v) is 7.28. The molecule has 24 heavy (non-hydrogen) atoms. The second kappa shape index (κ2) is 7.37. The highest BCUT2D eigenvalue weighted by Gasteiger charge is 2.11. The highest BCUT2D eigenvalue weighted by atomic mass is 32.2. The predicted molar refractivity (Wildman–Crippen MR) is 91.5 cm³/mol. The van der Waals surface area contributed by atoms with E-state index in [-0.39, 0.29) is 12.3 Å². The molecule has 0 aliphatic rings. The van der Waals surface area contributed by atoms with Crippen LogP contribution < -0.4 is 4.72 Å². The third-order valence-electron chi connectivity index (χ3n) is 3.53. The lowest BCUT2D eigenvalue weighted by Crippen LogP contribution is -2.24. The molecule has 0 spiro atoms. The van der Waals surface area contributed by atoms with Gasteiger partial charge in [-0.25, -0.2) is 22.8 Å². The number of rotatable bonds is 7. The van der Waals surface area contributed by atoms with Crippen LogP contribution in [0.3, 0.4) is 0 Å². The summed E-state index contributed by atoms with van der Waals surface area (Å²) in [4.78, 5) is 3.90. The number of sulfonamides is 1. The molecule has 0 unspecified atom stereocenters. The number of aromatic nitrogens is 3. The van der Waals surface area contributed by atoms with E-state index in [0.717, 1.165) is 16.7 Å². The Hall–Kier alpha value is -2.51. The molecule has 2 aromatic carbocycles. The molecule has 0 amide bonds. The molecule has 0 aliphatic heterocycles. The van der Waals surface area contributed by atoms with Gasteiger partial charge in [0.25, 0.3) is 0 Å². The van der Waals surface area contributed by atoms with Crippen LogP contribution >= 0.6 is 0 Å². The molecule has 6 nitrogen and oxygen atoms in total. The molecule has 0 saturated carbocycles. The SMILES string of the molecule is O=S(=O)(Cc1ccccc1)NCc1ccc(Cn2cncn2)cc1. The molecule has 3 aromatic rings. The summed E-state index contributed by atoms with van der Waals surface area (Å²) in [6.45, 7) is 0.915. The third kappa shape index (κ3) is 4.74. The van der Waals surface area contributed by atoms with Crippen LogP contribution in [0.5, 0.6) is 0 Å². The van der Waals surface area contributed by atoms with Gasteiger partial charge in [0.1, 0.15) is 12.7 Å². The Bertz CT molecular complexity index is 861. The van der Waals surface area contributed by atoms with Crippen molar-refractivity contribution in [2.24, 2.45) is 0 Å². The summed E-state index contributed by atoms with van der Waals surface area (Å²) in [5.74, 6) is -0.0157. The largest absolute Gasteiger partial charge is 0.249 e. The van der Waals surface area contributed by atoms with Crippen molar-refractivity contribution < 1.29 is 8.42 Å². The lowest BCUT2D eigenvalue weighted by atomic mass is 10.1. The average molecular weight is 342 g/mol. The smallest absolute Gasteiger partial charge is 0.216 e. The van der Waals surface area contributed by atoms with Crippen LogP contribution in [-0.4, -0.2) is 23.2 Å². The van der Waals surface area contributed by atoms with Crippen molar-refractivity contribution in [2.75, 3.05) is 0 Å². The van der Waals surface area contributed by atoms with Gasteiger partial charge < -0.3 is 0 Å². The Morgan fingerprint density at radius 1 is 0.917 bits per heavy atom. The van der Waals surface area contributed by atoms with E-state index in [4.69, 9.17) is 0 Å². The number of nitrogens with zero attached hydrogens (tertiary/aromatic N) is 3. The fourth-order valence-electron chi connectivity index (χ4n) is 2.30. The summed E-state index contributed by atoms with van der Waals surface area (Å²) in [7, 11) is -3.36. The van der Waals surface area contributed by atoms with Gasteiger partial charge in [0.05, 0.1) is 12.3 Å². The summed E-state index contributed by atoms with van der Waals surface area (Å²) < 4.78 is 28.6. The molecular weight excluding hydrogens is 324 g/mol. The number of hydrogen-bond acceptors (Lipinski definition) is 4. The molecule has 0 fully saturated rings. The Kier molecular flexibility index (Phi) is 5.02. The van der Waals surface area contributed by atoms with Crippen LogP contribution in [0.25, 0.3) is 0 Å². The van der Waals surface area contributed by atoms with Crippen LogP contribution in [-0.2, 0) is 28.9 Å². The summed E-state index contributed by atoms with van der Waals surface area (Å²) in [6, 6.07) is 16.9. The monoisotopic (exact) mass is 342 g/mol. The molecule has 124 valence electrons. The maximum atomic E-state index is 12.1. The molecule has 1 heterocycles. The summed E-state index contributed by atoms with van der Waals surface area (Å²) >= 11 is 0. The van der Waals surface area contributed by atoms with Gasteiger partial charge in [0.15, 0.2) is 0 Å². The molecule has 0 atom stereocenters. The first kappa shape index (κ1) is 16.4. The Labute approximate surface area is 141 Å². The van der Waals surface area contributed by atoms with Crippen molar-refractivity contribution in [3.63, 3.8) is 0 Å². The van der Waals surface area contributed by atoms with Crippen molar-refractivity contribution >= 4 is 10.0 Å². The fourth-order valence-corrected chi connectivity index (χ4v) is 3.42. The molecule has 0 saturated heterocycles. The first-order valence-electron chi connectivity index (χ1n) is 7.52. The fraction of sp³-hybridized carbons (Fsp3) is 0.176. The maximum absolute atomic E-state index is 12.1. The average Bonchev–Trinajstić information content (AvgIpc) is 3.08. The summed E-state index contributed by atoms with van der Waals surface area (Å²) in [6.07, 6.45) is 3.15. The van der Waals surface area contributed by atoms with Gasteiger partial charge in [-0.15, -0.1) is 0 Å². The number of benzene rings is 2. The van der Waals surface area contributed by atoms with Gasteiger partial charge in [0, 0.05) is 6.54 Å². The minimum atomic E-state index is -3.36. The van der Waals surface area contributed by atoms with Crippen molar-refractivity contribution in [2.45, 2.75) is 18.8 Å². The predicted octanol–water partition coefficient (Wildman–Crippen LogP) is 1.95. The molecule has 0 bridgehead atoms. The highest BCUT2D eigenvalue weighted by molar-refractivity contribution is 7.88. The zero-order valence-corrected chi connectivity index (χ0v) is 13.9. The lowest BCUT2D eigenvalue weighted by molar-refractivity contribution is 0.580. The van der Waals surface area contributed by atoms with E-state index < -0.39 is 10.0 Å². The molecule has 0 radical (unpaired) electrons. The van der Waals surface area contributed by atoms with Crippen LogP contribution in [0.4, 0.5) is 0 Å². The molecule has 3 rings (SSSR count). The zero-order valence-electron chi connectivity index (χ0n) is 13.0. The van der Waals surface area contributed by atoms with Crippen LogP contribution in [0.1, 0.15) is 16.7 Å². The standard InChI is InChI=1S/C17H18N4O2S/c22-24(23,12-17-4-2-1-3-5-17)20-10-15-6-8-16(9-7-15)11-21-14-18-13-19-21/h1-9,13-14,20H,10-12H2. The summed E-state index contributed by atoms with van der Waals surface area (Å²) in [5, 5.41) is 4.06. The van der Waals surface area contributed by atoms with E-state index in [1.54, 1.807) is 23.1 Å². The Morgan fingerprint density at radius 2 is 1.62 bits per heavy atom. The van der Waals surface area contributed by atoms with E-state index >= 15 is 0 Å². The lowest BCUT2D eigenvalue weighted by Gasteiger charge is -2.08. The molecule has 1 aromatic heterocycles. The van der Waals surface area contributed by atoms with Gasteiger partial charge in [-0.2, -0.15) is 5.10 Å². The minimum Gasteiger partial charge on any atom is -0.249 e. The summed E-state index contributed by atoms with van der Waals surface area (Å²) in [5.41, 5.74) is 2.76. The van der Waals surface area contributed by atoms with Gasteiger partial charge in [0.2, 0.25) is 10.0 Å². The van der Waals surface area contributed by atoms with Crippen molar-refractivity contribution in [1.29, 1.82) is 0 Å². The number of nitrogens with one attached hydrogen (secondary N) is 1. The van der Waals surface area contributed by atoms with E-state index in [9.17, 15) is 8.42 Å². The van der Waals surface area contributed by atoms with Crippen LogP contribution in [0.2, 0.25) is 0 Å². The second-order valence-electron chi connectivity index (χ2n) is 5.48. The molecule has 0 aliphatic carbocycles. The minimum absolute atomic E-state index is 0.0157.